The van der Waals surface area contributed by atoms with Crippen LogP contribution in [0.5, 0.6) is 0 Å². The molecule has 0 aliphatic heterocycles. The number of benzene rings is 2. The van der Waals surface area contributed by atoms with Gasteiger partial charge >= 0.3 is 5.97 Å². The highest BCUT2D eigenvalue weighted by atomic mass is 35.5. The van der Waals surface area contributed by atoms with Crippen LogP contribution in [0.1, 0.15) is 12.5 Å². The predicted molar refractivity (Wildman–Crippen MR) is 89.3 cm³/mol. The number of carbonyl (C=O) groups excluding carboxylic acids is 1. The Morgan fingerprint density at radius 2 is 1.82 bits per heavy atom. The molecule has 2 rings (SSSR count). The first-order chi connectivity index (χ1) is 10.7. The predicted octanol–water partition coefficient (Wildman–Crippen LogP) is 3.91. The number of ether oxygens (including phenoxy) is 1. The van der Waals surface area contributed by atoms with E-state index in [1.807, 2.05) is 30.3 Å². The maximum atomic E-state index is 12.0. The first kappa shape index (κ1) is 16.0. The van der Waals surface area contributed by atoms with Crippen molar-refractivity contribution in [2.24, 2.45) is 5.10 Å². The van der Waals surface area contributed by atoms with Gasteiger partial charge in [0.2, 0.25) is 0 Å². The molecule has 0 aliphatic carbocycles. The van der Waals surface area contributed by atoms with Crippen molar-refractivity contribution in [1.29, 1.82) is 0 Å². The first-order valence-corrected chi connectivity index (χ1v) is 7.36. The van der Waals surface area contributed by atoms with Crippen LogP contribution >= 0.6 is 11.6 Å². The number of nitrogens with zero attached hydrogens (tertiary/aromatic N) is 1. The molecule has 0 atom stereocenters. The van der Waals surface area contributed by atoms with Crippen LogP contribution in [0.15, 0.2) is 59.7 Å². The zero-order valence-electron chi connectivity index (χ0n) is 12.3. The Morgan fingerprint density at radius 1 is 1.14 bits per heavy atom. The van der Waals surface area contributed by atoms with Crippen LogP contribution in [0, 0.1) is 0 Å². The maximum absolute atomic E-state index is 12.0. The molecular weight excluding hydrogens is 300 g/mol. The summed E-state index contributed by atoms with van der Waals surface area (Å²) < 4.78 is 5.05. The van der Waals surface area contributed by atoms with Gasteiger partial charge in [-0.25, -0.2) is 4.79 Å². The minimum absolute atomic E-state index is 0.313. The average molecular weight is 317 g/mol. The van der Waals surface area contributed by atoms with Gasteiger partial charge in [-0.3, -0.25) is 5.43 Å². The Bertz CT molecular complexity index is 639. The lowest BCUT2D eigenvalue weighted by Crippen LogP contribution is -2.21. The number of anilines is 1. The normalized spacial score (nSPS) is 11.1. The first-order valence-electron chi connectivity index (χ1n) is 6.98. The molecule has 0 aromatic heterocycles. The van der Waals surface area contributed by atoms with Gasteiger partial charge in [0.15, 0.2) is 0 Å². The fourth-order valence-corrected chi connectivity index (χ4v) is 1.94. The van der Waals surface area contributed by atoms with E-state index in [4.69, 9.17) is 16.3 Å². The third kappa shape index (κ3) is 4.90. The van der Waals surface area contributed by atoms with E-state index >= 15 is 0 Å². The number of hydrazone groups is 1. The van der Waals surface area contributed by atoms with E-state index in [1.54, 1.807) is 31.2 Å². The molecule has 0 aliphatic rings. The number of rotatable bonds is 6. The molecule has 0 radical (unpaired) electrons. The Kier molecular flexibility index (Phi) is 5.98. The summed E-state index contributed by atoms with van der Waals surface area (Å²) in [6, 6.07) is 16.7. The van der Waals surface area contributed by atoms with Crippen LogP contribution in [-0.2, 0) is 16.0 Å². The largest absolute Gasteiger partial charge is 0.461 e. The van der Waals surface area contributed by atoms with Gasteiger partial charge in [0, 0.05) is 11.4 Å². The molecule has 0 amide bonds. The van der Waals surface area contributed by atoms with Gasteiger partial charge in [-0.05, 0) is 36.8 Å². The molecule has 2 aromatic rings. The topological polar surface area (TPSA) is 50.7 Å². The van der Waals surface area contributed by atoms with Crippen molar-refractivity contribution in [3.63, 3.8) is 0 Å². The van der Waals surface area contributed by atoms with Gasteiger partial charge in [-0.15, -0.1) is 0 Å². The number of carbonyl (C=O) groups is 1. The Morgan fingerprint density at radius 3 is 2.45 bits per heavy atom. The van der Waals surface area contributed by atoms with Gasteiger partial charge in [0.1, 0.15) is 5.71 Å². The number of hydrogen-bond acceptors (Lipinski definition) is 4. The lowest BCUT2D eigenvalue weighted by atomic mass is 10.1. The number of esters is 1. The van der Waals surface area contributed by atoms with Gasteiger partial charge in [0.25, 0.3) is 0 Å². The van der Waals surface area contributed by atoms with Gasteiger partial charge in [-0.2, -0.15) is 5.10 Å². The molecule has 1 N–H and O–H groups in total. The Labute approximate surface area is 134 Å². The summed E-state index contributed by atoms with van der Waals surface area (Å²) in [5, 5.41) is 4.83. The summed E-state index contributed by atoms with van der Waals surface area (Å²) in [7, 11) is 0. The smallest absolute Gasteiger partial charge is 0.354 e. The third-order valence-electron chi connectivity index (χ3n) is 2.89. The molecule has 114 valence electrons. The quantitative estimate of drug-likeness (QED) is 0.499. The van der Waals surface area contributed by atoms with Crippen molar-refractivity contribution >= 4 is 29.0 Å². The minimum Gasteiger partial charge on any atom is -0.461 e. The van der Waals surface area contributed by atoms with Crippen molar-refractivity contribution in [3.05, 3.63) is 65.2 Å². The number of halogens is 1. The summed E-state index contributed by atoms with van der Waals surface area (Å²) in [5.41, 5.74) is 4.92. The summed E-state index contributed by atoms with van der Waals surface area (Å²) in [6.07, 6.45) is 0.403. The van der Waals surface area contributed by atoms with Crippen LogP contribution in [-0.4, -0.2) is 18.3 Å². The molecule has 0 bridgehead atoms. The lowest BCUT2D eigenvalue weighted by Gasteiger charge is -2.07. The molecule has 22 heavy (non-hydrogen) atoms. The second kappa shape index (κ2) is 8.20. The van der Waals surface area contributed by atoms with Crippen molar-refractivity contribution in [3.8, 4) is 0 Å². The Hall–Kier alpha value is -2.33. The molecule has 0 heterocycles. The van der Waals surface area contributed by atoms with E-state index in [0.29, 0.717) is 23.8 Å². The van der Waals surface area contributed by atoms with E-state index < -0.39 is 5.97 Å². The molecule has 2 aromatic carbocycles. The van der Waals surface area contributed by atoms with Crippen molar-refractivity contribution < 1.29 is 9.53 Å². The molecule has 0 spiro atoms. The summed E-state index contributed by atoms with van der Waals surface area (Å²) >= 11 is 5.84. The molecule has 4 nitrogen and oxygen atoms in total. The van der Waals surface area contributed by atoms with Gasteiger partial charge < -0.3 is 4.74 Å². The molecule has 0 unspecified atom stereocenters. The standard InChI is InChI=1S/C17H17ClN2O2/c1-2-22-17(21)16(12-13-6-4-3-5-7-13)20-19-15-10-8-14(18)9-11-15/h3-11,19H,2,12H2,1H3/b20-16+. The fourth-order valence-electron chi connectivity index (χ4n) is 1.82. The SMILES string of the molecule is CCOC(=O)/C(Cc1ccccc1)=N/Nc1ccc(Cl)cc1. The van der Waals surface area contributed by atoms with E-state index in [9.17, 15) is 4.79 Å². The lowest BCUT2D eigenvalue weighted by molar-refractivity contribution is -0.135. The zero-order valence-corrected chi connectivity index (χ0v) is 13.0. The second-order valence-corrected chi connectivity index (χ2v) is 5.00. The van der Waals surface area contributed by atoms with E-state index in [1.165, 1.54) is 0 Å². The highest BCUT2D eigenvalue weighted by molar-refractivity contribution is 6.37. The maximum Gasteiger partial charge on any atom is 0.354 e. The van der Waals surface area contributed by atoms with Crippen LogP contribution in [0.25, 0.3) is 0 Å². The third-order valence-corrected chi connectivity index (χ3v) is 3.14. The number of nitrogens with one attached hydrogen (secondary N) is 1. The van der Waals surface area contributed by atoms with E-state index in [2.05, 4.69) is 10.5 Å². The van der Waals surface area contributed by atoms with Crippen molar-refractivity contribution in [2.45, 2.75) is 13.3 Å². The van der Waals surface area contributed by atoms with Crippen molar-refractivity contribution in [2.75, 3.05) is 12.0 Å². The highest BCUT2D eigenvalue weighted by Crippen LogP contribution is 2.13. The Balaban J connectivity index is 2.14. The zero-order chi connectivity index (χ0) is 15.8. The van der Waals surface area contributed by atoms with Crippen LogP contribution in [0.2, 0.25) is 5.02 Å². The number of hydrogen-bond donors (Lipinski definition) is 1. The second-order valence-electron chi connectivity index (χ2n) is 4.56. The molecule has 0 saturated carbocycles. The van der Waals surface area contributed by atoms with Crippen LogP contribution < -0.4 is 5.43 Å². The van der Waals surface area contributed by atoms with Gasteiger partial charge in [-0.1, -0.05) is 41.9 Å². The molecule has 0 saturated heterocycles. The molecule has 0 fully saturated rings. The average Bonchev–Trinajstić information content (AvgIpc) is 2.54. The summed E-state index contributed by atoms with van der Waals surface area (Å²) in [6.45, 7) is 2.08. The van der Waals surface area contributed by atoms with E-state index in [-0.39, 0.29) is 0 Å². The fraction of sp³-hybridized carbons (Fsp3) is 0.176. The van der Waals surface area contributed by atoms with E-state index in [0.717, 1.165) is 11.3 Å². The van der Waals surface area contributed by atoms with Gasteiger partial charge in [0.05, 0.1) is 12.3 Å². The monoisotopic (exact) mass is 316 g/mol. The molecular formula is C17H17ClN2O2. The molecule has 5 heteroatoms. The summed E-state index contributed by atoms with van der Waals surface area (Å²) in [4.78, 5) is 12.0. The van der Waals surface area contributed by atoms with Crippen LogP contribution in [0.3, 0.4) is 0 Å². The van der Waals surface area contributed by atoms with Crippen LogP contribution in [0.4, 0.5) is 5.69 Å². The van der Waals surface area contributed by atoms with Crippen molar-refractivity contribution in [1.82, 2.24) is 0 Å². The highest BCUT2D eigenvalue weighted by Gasteiger charge is 2.13. The minimum atomic E-state index is -0.423. The summed E-state index contributed by atoms with van der Waals surface area (Å²) in [5.74, 6) is -0.423.